The Morgan fingerprint density at radius 3 is 2.26 bits per heavy atom. The van der Waals surface area contributed by atoms with E-state index in [0.717, 1.165) is 22.5 Å². The predicted octanol–water partition coefficient (Wildman–Crippen LogP) is 4.05. The first-order valence-electron chi connectivity index (χ1n) is 7.55. The molecule has 1 aromatic heterocycles. The maximum absolute atomic E-state index is 12.4. The van der Waals surface area contributed by atoms with Gasteiger partial charge in [-0.25, -0.2) is 4.68 Å². The van der Waals surface area contributed by atoms with Crippen molar-refractivity contribution in [3.8, 4) is 5.69 Å². The fraction of sp³-hybridized carbons (Fsp3) is 0.158. The van der Waals surface area contributed by atoms with Gasteiger partial charge in [0.05, 0.1) is 11.4 Å². The maximum Gasteiger partial charge on any atom is 0.256 e. The van der Waals surface area contributed by atoms with Gasteiger partial charge >= 0.3 is 0 Å². The lowest BCUT2D eigenvalue weighted by Gasteiger charge is -2.10. The Kier molecular flexibility index (Phi) is 3.98. The molecule has 0 fully saturated rings. The van der Waals surface area contributed by atoms with Gasteiger partial charge in [-0.2, -0.15) is 5.10 Å². The molecule has 23 heavy (non-hydrogen) atoms. The third kappa shape index (κ3) is 3.31. The van der Waals surface area contributed by atoms with E-state index in [-0.39, 0.29) is 5.91 Å². The molecule has 1 amide bonds. The van der Waals surface area contributed by atoms with Crippen molar-refractivity contribution in [3.05, 3.63) is 77.0 Å². The summed E-state index contributed by atoms with van der Waals surface area (Å²) in [4.78, 5) is 12.4. The molecule has 0 aliphatic carbocycles. The average molecular weight is 305 g/mol. The zero-order valence-electron chi connectivity index (χ0n) is 13.5. The standard InChI is InChI=1S/C19H19N3O/c1-13-9-14(2)11-17(10-13)22-18(12-15(3)21-22)20-19(23)16-7-5-4-6-8-16/h4-12H,1-3H3,(H,20,23). The molecule has 0 saturated heterocycles. The van der Waals surface area contributed by atoms with Crippen LogP contribution in [0.15, 0.2) is 54.6 Å². The van der Waals surface area contributed by atoms with Crippen molar-refractivity contribution >= 4 is 11.7 Å². The highest BCUT2D eigenvalue weighted by atomic mass is 16.1. The minimum atomic E-state index is -0.142. The molecule has 0 unspecified atom stereocenters. The minimum Gasteiger partial charge on any atom is -0.306 e. The van der Waals surface area contributed by atoms with E-state index in [1.165, 1.54) is 0 Å². The van der Waals surface area contributed by atoms with Gasteiger partial charge in [0.2, 0.25) is 0 Å². The second-order valence-corrected chi connectivity index (χ2v) is 5.75. The summed E-state index contributed by atoms with van der Waals surface area (Å²) >= 11 is 0. The van der Waals surface area contributed by atoms with Gasteiger partial charge in [0, 0.05) is 11.6 Å². The first kappa shape index (κ1) is 15.0. The molecule has 3 aromatic rings. The van der Waals surface area contributed by atoms with Crippen molar-refractivity contribution in [1.82, 2.24) is 9.78 Å². The number of nitrogens with one attached hydrogen (secondary N) is 1. The zero-order chi connectivity index (χ0) is 16.4. The number of anilines is 1. The molecule has 116 valence electrons. The first-order valence-corrected chi connectivity index (χ1v) is 7.55. The van der Waals surface area contributed by atoms with Crippen LogP contribution in [-0.4, -0.2) is 15.7 Å². The first-order chi connectivity index (χ1) is 11.0. The van der Waals surface area contributed by atoms with E-state index in [9.17, 15) is 4.79 Å². The Morgan fingerprint density at radius 1 is 0.957 bits per heavy atom. The molecule has 0 bridgehead atoms. The lowest BCUT2D eigenvalue weighted by molar-refractivity contribution is 0.102. The fourth-order valence-electron chi connectivity index (χ4n) is 2.64. The maximum atomic E-state index is 12.4. The van der Waals surface area contributed by atoms with Crippen LogP contribution < -0.4 is 5.32 Å². The van der Waals surface area contributed by atoms with Gasteiger partial charge in [-0.1, -0.05) is 24.3 Å². The molecule has 0 radical (unpaired) electrons. The highest BCUT2D eigenvalue weighted by Crippen LogP contribution is 2.20. The summed E-state index contributed by atoms with van der Waals surface area (Å²) in [5.41, 5.74) is 4.74. The number of aryl methyl sites for hydroxylation is 3. The van der Waals surface area contributed by atoms with E-state index in [0.29, 0.717) is 11.4 Å². The monoisotopic (exact) mass is 305 g/mol. The normalized spacial score (nSPS) is 10.6. The van der Waals surface area contributed by atoms with Crippen LogP contribution in [-0.2, 0) is 0 Å². The number of rotatable bonds is 3. The Hall–Kier alpha value is -2.88. The molecule has 1 N–H and O–H groups in total. The van der Waals surface area contributed by atoms with Crippen LogP contribution in [0.5, 0.6) is 0 Å². The number of aromatic nitrogens is 2. The largest absolute Gasteiger partial charge is 0.306 e. The van der Waals surface area contributed by atoms with Crippen molar-refractivity contribution < 1.29 is 4.79 Å². The topological polar surface area (TPSA) is 46.9 Å². The van der Waals surface area contributed by atoms with E-state index in [4.69, 9.17) is 0 Å². The summed E-state index contributed by atoms with van der Waals surface area (Å²) < 4.78 is 1.77. The molecule has 0 atom stereocenters. The van der Waals surface area contributed by atoms with E-state index < -0.39 is 0 Å². The second-order valence-electron chi connectivity index (χ2n) is 5.75. The van der Waals surface area contributed by atoms with Crippen LogP contribution in [0.25, 0.3) is 5.69 Å². The number of hydrogen-bond donors (Lipinski definition) is 1. The van der Waals surface area contributed by atoms with Gasteiger partial charge in [0.15, 0.2) is 0 Å². The Balaban J connectivity index is 1.96. The summed E-state index contributed by atoms with van der Waals surface area (Å²) in [7, 11) is 0. The quantitative estimate of drug-likeness (QED) is 0.793. The molecule has 0 aliphatic heterocycles. The van der Waals surface area contributed by atoms with Crippen LogP contribution in [0, 0.1) is 20.8 Å². The van der Waals surface area contributed by atoms with Gasteiger partial charge in [0.25, 0.3) is 5.91 Å². The number of amides is 1. The van der Waals surface area contributed by atoms with E-state index in [2.05, 4.69) is 42.5 Å². The Labute approximate surface area is 135 Å². The van der Waals surface area contributed by atoms with Crippen molar-refractivity contribution in [2.75, 3.05) is 5.32 Å². The summed E-state index contributed by atoms with van der Waals surface area (Å²) in [6.45, 7) is 6.02. The van der Waals surface area contributed by atoms with Crippen LogP contribution in [0.3, 0.4) is 0 Å². The summed E-state index contributed by atoms with van der Waals surface area (Å²) in [6.07, 6.45) is 0. The number of hydrogen-bond acceptors (Lipinski definition) is 2. The highest BCUT2D eigenvalue weighted by Gasteiger charge is 2.12. The van der Waals surface area contributed by atoms with Gasteiger partial charge in [-0.05, 0) is 56.2 Å². The fourth-order valence-corrected chi connectivity index (χ4v) is 2.64. The number of carbonyl (C=O) groups excluding carboxylic acids is 1. The molecule has 0 aliphatic rings. The molecule has 2 aromatic carbocycles. The lowest BCUT2D eigenvalue weighted by atomic mass is 10.1. The summed E-state index contributed by atoms with van der Waals surface area (Å²) in [6, 6.07) is 17.3. The van der Waals surface area contributed by atoms with Gasteiger partial charge in [-0.15, -0.1) is 0 Å². The average Bonchev–Trinajstić information content (AvgIpc) is 2.88. The molecular weight excluding hydrogens is 286 g/mol. The van der Waals surface area contributed by atoms with Crippen molar-refractivity contribution in [2.45, 2.75) is 20.8 Å². The van der Waals surface area contributed by atoms with Gasteiger partial charge < -0.3 is 5.32 Å². The minimum absolute atomic E-state index is 0.142. The van der Waals surface area contributed by atoms with Gasteiger partial charge in [-0.3, -0.25) is 4.79 Å². The number of benzene rings is 2. The van der Waals surface area contributed by atoms with Crippen molar-refractivity contribution in [3.63, 3.8) is 0 Å². The van der Waals surface area contributed by atoms with Crippen molar-refractivity contribution in [2.24, 2.45) is 0 Å². The zero-order valence-corrected chi connectivity index (χ0v) is 13.5. The molecule has 0 spiro atoms. The van der Waals surface area contributed by atoms with Crippen LogP contribution >= 0.6 is 0 Å². The van der Waals surface area contributed by atoms with Gasteiger partial charge in [0.1, 0.15) is 5.82 Å². The van der Waals surface area contributed by atoms with Crippen molar-refractivity contribution in [1.29, 1.82) is 0 Å². The summed E-state index contributed by atoms with van der Waals surface area (Å²) in [5.74, 6) is 0.525. The molecule has 1 heterocycles. The molecule has 0 saturated carbocycles. The molecule has 4 heteroatoms. The van der Waals surface area contributed by atoms with E-state index in [1.54, 1.807) is 16.8 Å². The van der Waals surface area contributed by atoms with Crippen LogP contribution in [0.2, 0.25) is 0 Å². The van der Waals surface area contributed by atoms with Crippen LogP contribution in [0.4, 0.5) is 5.82 Å². The predicted molar refractivity (Wildman–Crippen MR) is 92.2 cm³/mol. The highest BCUT2D eigenvalue weighted by molar-refractivity contribution is 6.03. The lowest BCUT2D eigenvalue weighted by Crippen LogP contribution is -2.15. The van der Waals surface area contributed by atoms with E-state index >= 15 is 0 Å². The Morgan fingerprint density at radius 2 is 1.61 bits per heavy atom. The molecule has 3 rings (SSSR count). The second kappa shape index (κ2) is 6.08. The molecule has 4 nitrogen and oxygen atoms in total. The third-order valence-corrected chi connectivity index (χ3v) is 3.56. The smallest absolute Gasteiger partial charge is 0.256 e. The summed E-state index contributed by atoms with van der Waals surface area (Å²) in [5, 5.41) is 7.46. The van der Waals surface area contributed by atoms with E-state index in [1.807, 2.05) is 31.2 Å². The third-order valence-electron chi connectivity index (χ3n) is 3.56. The SMILES string of the molecule is Cc1cc(C)cc(-n2nc(C)cc2NC(=O)c2ccccc2)c1. The number of carbonyl (C=O) groups is 1. The molecular formula is C19H19N3O. The Bertz CT molecular complexity index is 830. The number of nitrogens with zero attached hydrogens (tertiary/aromatic N) is 2. The van der Waals surface area contributed by atoms with Crippen LogP contribution in [0.1, 0.15) is 27.2 Å².